The molecule has 1 aliphatic heterocycles. The van der Waals surface area contributed by atoms with Crippen LogP contribution in [0.3, 0.4) is 0 Å². The smallest absolute Gasteiger partial charge is 0.186 e. The molecule has 24 heavy (non-hydrogen) atoms. The van der Waals surface area contributed by atoms with E-state index >= 15 is 0 Å². The highest BCUT2D eigenvalue weighted by Crippen LogP contribution is 2.32. The third kappa shape index (κ3) is 8.97. The van der Waals surface area contributed by atoms with Gasteiger partial charge in [0, 0.05) is 13.2 Å². The minimum absolute atomic E-state index is 0.130. The Labute approximate surface area is 147 Å². The molecule has 3 atom stereocenters. The summed E-state index contributed by atoms with van der Waals surface area (Å²) in [5.41, 5.74) is 0. The molecule has 1 N–H and O–H groups in total. The molecule has 0 unspecified atom stereocenters. The lowest BCUT2D eigenvalue weighted by Gasteiger charge is -2.15. The third-order valence-electron chi connectivity index (χ3n) is 4.08. The van der Waals surface area contributed by atoms with Gasteiger partial charge in [0.25, 0.3) is 0 Å². The monoisotopic (exact) mass is 340 g/mol. The van der Waals surface area contributed by atoms with E-state index in [1.54, 1.807) is 0 Å². The quantitative estimate of drug-likeness (QED) is 0.208. The molecule has 0 aromatic rings. The number of hydrogen-bond acceptors (Lipinski definition) is 4. The zero-order valence-corrected chi connectivity index (χ0v) is 15.7. The second-order valence-electron chi connectivity index (χ2n) is 6.16. The van der Waals surface area contributed by atoms with E-state index in [4.69, 9.17) is 14.2 Å². The number of aliphatic hydroxyl groups excluding tert-OH is 1. The molecular weight excluding hydrogens is 304 g/mol. The van der Waals surface area contributed by atoms with E-state index in [0.29, 0.717) is 19.6 Å². The fourth-order valence-electron chi connectivity index (χ4n) is 2.68. The average Bonchev–Trinajstić information content (AvgIpc) is 3.37. The Morgan fingerprint density at radius 3 is 2.21 bits per heavy atom. The summed E-state index contributed by atoms with van der Waals surface area (Å²) in [6.07, 6.45) is 15.3. The largest absolute Gasteiger partial charge is 0.390 e. The van der Waals surface area contributed by atoms with Gasteiger partial charge in [-0.15, -0.1) is 0 Å². The van der Waals surface area contributed by atoms with Gasteiger partial charge in [-0.3, -0.25) is 0 Å². The molecule has 0 radical (unpaired) electrons. The standard InChI is InChI=1S/C20H36O4/c1-4-7-8-9-10-11-12-13-14-15-16-17(21)18-19(24-18)20(22-5-2)23-6-3/h10-11,13-14,17-21H,4-9,12,15-16H2,1-3H3/b11-10+,14-13+/t17-,18+,19+/m0/s1. The van der Waals surface area contributed by atoms with Crippen LogP contribution in [0.25, 0.3) is 0 Å². The molecule has 4 heteroatoms. The molecule has 140 valence electrons. The Morgan fingerprint density at radius 1 is 0.917 bits per heavy atom. The number of epoxide rings is 1. The predicted molar refractivity (Wildman–Crippen MR) is 98.0 cm³/mol. The highest BCUT2D eigenvalue weighted by atomic mass is 16.7. The summed E-state index contributed by atoms with van der Waals surface area (Å²) in [5, 5.41) is 10.2. The van der Waals surface area contributed by atoms with E-state index in [1.165, 1.54) is 25.7 Å². The first-order valence-electron chi connectivity index (χ1n) is 9.61. The van der Waals surface area contributed by atoms with Gasteiger partial charge in [-0.25, -0.2) is 0 Å². The first kappa shape index (κ1) is 21.4. The number of hydrogen-bond donors (Lipinski definition) is 1. The first-order chi connectivity index (χ1) is 11.7. The van der Waals surface area contributed by atoms with Crippen molar-refractivity contribution in [3.05, 3.63) is 24.3 Å². The van der Waals surface area contributed by atoms with Gasteiger partial charge in [0.1, 0.15) is 12.2 Å². The fraction of sp³-hybridized carbons (Fsp3) is 0.800. The Morgan fingerprint density at radius 2 is 1.58 bits per heavy atom. The highest BCUT2D eigenvalue weighted by molar-refractivity contribution is 4.96. The van der Waals surface area contributed by atoms with E-state index < -0.39 is 6.10 Å². The maximum atomic E-state index is 10.2. The summed E-state index contributed by atoms with van der Waals surface area (Å²) in [6, 6.07) is 0. The lowest BCUT2D eigenvalue weighted by atomic mass is 10.1. The van der Waals surface area contributed by atoms with Crippen LogP contribution in [0.15, 0.2) is 24.3 Å². The van der Waals surface area contributed by atoms with Crippen molar-refractivity contribution in [2.24, 2.45) is 0 Å². The number of allylic oxidation sites excluding steroid dienone is 4. The molecule has 0 saturated carbocycles. The van der Waals surface area contributed by atoms with Gasteiger partial charge in [-0.1, -0.05) is 44.1 Å². The second-order valence-corrected chi connectivity index (χ2v) is 6.16. The zero-order chi connectivity index (χ0) is 17.6. The van der Waals surface area contributed by atoms with Gasteiger partial charge in [0.05, 0.1) is 6.10 Å². The van der Waals surface area contributed by atoms with Crippen LogP contribution >= 0.6 is 0 Å². The Kier molecular flexibility index (Phi) is 12.1. The molecule has 0 aliphatic carbocycles. The van der Waals surface area contributed by atoms with Crippen molar-refractivity contribution in [3.63, 3.8) is 0 Å². The van der Waals surface area contributed by atoms with Crippen molar-refractivity contribution in [3.8, 4) is 0 Å². The van der Waals surface area contributed by atoms with Crippen molar-refractivity contribution in [2.75, 3.05) is 13.2 Å². The first-order valence-corrected chi connectivity index (χ1v) is 9.61. The minimum atomic E-state index is -0.451. The van der Waals surface area contributed by atoms with E-state index in [-0.39, 0.29) is 18.5 Å². The van der Waals surface area contributed by atoms with Gasteiger partial charge in [0.15, 0.2) is 6.29 Å². The summed E-state index contributed by atoms with van der Waals surface area (Å²) in [5.74, 6) is 0. The number of ether oxygens (including phenoxy) is 3. The Hall–Kier alpha value is -0.680. The van der Waals surface area contributed by atoms with Crippen LogP contribution in [0.5, 0.6) is 0 Å². The highest BCUT2D eigenvalue weighted by Gasteiger charge is 2.50. The van der Waals surface area contributed by atoms with Crippen LogP contribution in [0.2, 0.25) is 0 Å². The van der Waals surface area contributed by atoms with Crippen molar-refractivity contribution in [1.82, 2.24) is 0 Å². The van der Waals surface area contributed by atoms with Crippen molar-refractivity contribution in [1.29, 1.82) is 0 Å². The molecule has 0 spiro atoms. The average molecular weight is 341 g/mol. The van der Waals surface area contributed by atoms with Gasteiger partial charge in [0.2, 0.25) is 0 Å². The van der Waals surface area contributed by atoms with Crippen LogP contribution in [0.4, 0.5) is 0 Å². The van der Waals surface area contributed by atoms with Crippen LogP contribution in [0, 0.1) is 0 Å². The SMILES string of the molecule is CCCCC/C=C/C/C=C/CC[C@H](O)[C@H]1O[C@H]1C(OCC)OCC. The molecule has 1 heterocycles. The molecule has 0 bridgehead atoms. The van der Waals surface area contributed by atoms with Crippen molar-refractivity contribution in [2.45, 2.75) is 90.3 Å². The molecule has 0 aromatic carbocycles. The lowest BCUT2D eigenvalue weighted by molar-refractivity contribution is -0.147. The maximum Gasteiger partial charge on any atom is 0.186 e. The van der Waals surface area contributed by atoms with E-state index in [2.05, 4.69) is 31.2 Å². The van der Waals surface area contributed by atoms with Gasteiger partial charge < -0.3 is 19.3 Å². The normalized spacial score (nSPS) is 22.0. The minimum Gasteiger partial charge on any atom is -0.390 e. The second kappa shape index (κ2) is 13.6. The van der Waals surface area contributed by atoms with Gasteiger partial charge in [-0.05, 0) is 46.0 Å². The maximum absolute atomic E-state index is 10.2. The summed E-state index contributed by atoms with van der Waals surface area (Å²) < 4.78 is 16.6. The zero-order valence-electron chi connectivity index (χ0n) is 15.7. The summed E-state index contributed by atoms with van der Waals surface area (Å²) >= 11 is 0. The predicted octanol–water partition coefficient (Wildman–Crippen LogP) is 4.38. The molecule has 1 saturated heterocycles. The number of unbranched alkanes of at least 4 members (excludes halogenated alkanes) is 3. The number of aliphatic hydroxyl groups is 1. The van der Waals surface area contributed by atoms with Crippen molar-refractivity contribution < 1.29 is 19.3 Å². The van der Waals surface area contributed by atoms with Crippen LogP contribution in [0.1, 0.15) is 65.7 Å². The van der Waals surface area contributed by atoms with E-state index in [0.717, 1.165) is 12.8 Å². The molecular formula is C20H36O4. The Balaban J connectivity index is 2.10. The lowest BCUT2D eigenvalue weighted by Crippen LogP contribution is -2.28. The topological polar surface area (TPSA) is 51.2 Å². The van der Waals surface area contributed by atoms with Crippen LogP contribution in [-0.4, -0.2) is 42.9 Å². The fourth-order valence-corrected chi connectivity index (χ4v) is 2.68. The van der Waals surface area contributed by atoms with Gasteiger partial charge in [-0.2, -0.15) is 0 Å². The molecule has 0 amide bonds. The third-order valence-corrected chi connectivity index (χ3v) is 4.08. The summed E-state index contributed by atoms with van der Waals surface area (Å²) in [4.78, 5) is 0. The summed E-state index contributed by atoms with van der Waals surface area (Å²) in [6.45, 7) is 7.26. The number of rotatable bonds is 15. The van der Waals surface area contributed by atoms with E-state index in [9.17, 15) is 5.11 Å². The molecule has 0 aromatic heterocycles. The molecule has 1 rings (SSSR count). The molecule has 1 fully saturated rings. The summed E-state index contributed by atoms with van der Waals surface area (Å²) in [7, 11) is 0. The van der Waals surface area contributed by atoms with Crippen LogP contribution in [-0.2, 0) is 14.2 Å². The molecule has 4 nitrogen and oxygen atoms in total. The van der Waals surface area contributed by atoms with E-state index in [1.807, 2.05) is 13.8 Å². The molecule has 1 aliphatic rings. The van der Waals surface area contributed by atoms with Gasteiger partial charge >= 0.3 is 0 Å². The Bertz CT molecular complexity index is 348. The van der Waals surface area contributed by atoms with Crippen molar-refractivity contribution >= 4 is 0 Å². The van der Waals surface area contributed by atoms with Crippen LogP contribution < -0.4 is 0 Å².